The molecule has 3 rings (SSSR count). The summed E-state index contributed by atoms with van der Waals surface area (Å²) < 4.78 is 41.0. The fourth-order valence-corrected chi connectivity index (χ4v) is 2.81. The first-order valence-electron chi connectivity index (χ1n) is 8.49. The van der Waals surface area contributed by atoms with E-state index in [1.54, 1.807) is 42.9 Å². The summed E-state index contributed by atoms with van der Waals surface area (Å²) in [5.41, 5.74) is 5.05. The van der Waals surface area contributed by atoms with Gasteiger partial charge in [-0.1, -0.05) is 0 Å². The Bertz CT molecular complexity index is 976. The largest absolute Gasteiger partial charge is 0.419 e. The van der Waals surface area contributed by atoms with Crippen molar-refractivity contribution in [3.63, 3.8) is 0 Å². The Morgan fingerprint density at radius 2 is 2.04 bits per heavy atom. The lowest BCUT2D eigenvalue weighted by Crippen LogP contribution is -2.53. The van der Waals surface area contributed by atoms with Gasteiger partial charge in [-0.3, -0.25) is 13.9 Å². The van der Waals surface area contributed by atoms with E-state index in [9.17, 15) is 18.0 Å². The lowest BCUT2D eigenvalue weighted by molar-refractivity contribution is -0.137. The van der Waals surface area contributed by atoms with Crippen LogP contribution in [0, 0.1) is 0 Å². The standard InChI is InChI=1S/C17H20F3N7O/c1-16(2,10-26-9-11(7-24-26)17(18,19)20)25-14(28)13(21)6-12-8-23-15-22-4-3-5-27(12)15/h3-5,7-9,13H,6,10,21H2,1-2H3,(H,25,28)/t13-/m1/s1. The molecule has 3 aromatic rings. The van der Waals surface area contributed by atoms with Gasteiger partial charge in [-0.15, -0.1) is 0 Å². The van der Waals surface area contributed by atoms with Crippen LogP contribution in [0.4, 0.5) is 13.2 Å². The Kier molecular flexibility index (Phi) is 5.11. The molecule has 1 atom stereocenters. The molecule has 0 unspecified atom stereocenters. The molecule has 0 aromatic carbocycles. The lowest BCUT2D eigenvalue weighted by Gasteiger charge is -2.27. The average molecular weight is 395 g/mol. The van der Waals surface area contributed by atoms with E-state index >= 15 is 0 Å². The highest BCUT2D eigenvalue weighted by Gasteiger charge is 2.33. The Balaban J connectivity index is 1.63. The van der Waals surface area contributed by atoms with Crippen LogP contribution in [-0.4, -0.2) is 41.6 Å². The highest BCUT2D eigenvalue weighted by atomic mass is 19.4. The van der Waals surface area contributed by atoms with Crippen LogP contribution in [0.3, 0.4) is 0 Å². The maximum Gasteiger partial charge on any atom is 0.419 e. The molecular formula is C17H20F3N7O. The smallest absolute Gasteiger partial charge is 0.348 e. The maximum absolute atomic E-state index is 12.7. The molecule has 0 radical (unpaired) electrons. The zero-order chi connectivity index (χ0) is 20.5. The molecule has 3 heterocycles. The lowest BCUT2D eigenvalue weighted by atomic mass is 10.0. The van der Waals surface area contributed by atoms with Gasteiger partial charge >= 0.3 is 6.18 Å². The van der Waals surface area contributed by atoms with E-state index in [0.717, 1.165) is 22.8 Å². The third-order valence-electron chi connectivity index (χ3n) is 4.11. The Hall–Kier alpha value is -2.95. The second-order valence-electron chi connectivity index (χ2n) is 7.15. The summed E-state index contributed by atoms with van der Waals surface area (Å²) in [5, 5.41) is 6.47. The number of nitrogens with one attached hydrogen (secondary N) is 1. The first-order valence-corrected chi connectivity index (χ1v) is 8.49. The van der Waals surface area contributed by atoms with Crippen molar-refractivity contribution in [2.24, 2.45) is 5.73 Å². The molecule has 0 aliphatic rings. The van der Waals surface area contributed by atoms with Crippen molar-refractivity contribution in [1.29, 1.82) is 0 Å². The van der Waals surface area contributed by atoms with E-state index in [1.165, 1.54) is 0 Å². The topological polar surface area (TPSA) is 103 Å². The first-order chi connectivity index (χ1) is 13.0. The quantitative estimate of drug-likeness (QED) is 0.657. The van der Waals surface area contributed by atoms with Gasteiger partial charge in [-0.05, 0) is 19.9 Å². The van der Waals surface area contributed by atoms with E-state index in [1.807, 2.05) is 0 Å². The average Bonchev–Trinajstić information content (AvgIpc) is 3.21. The number of alkyl halides is 3. The number of nitrogens with two attached hydrogens (primary N) is 1. The van der Waals surface area contributed by atoms with Crippen LogP contribution in [0.15, 0.2) is 37.1 Å². The minimum atomic E-state index is -4.46. The van der Waals surface area contributed by atoms with Crippen molar-refractivity contribution >= 4 is 11.7 Å². The van der Waals surface area contributed by atoms with Gasteiger partial charge in [0.2, 0.25) is 11.7 Å². The summed E-state index contributed by atoms with van der Waals surface area (Å²) in [6, 6.07) is 0.884. The molecule has 1 amide bonds. The highest BCUT2D eigenvalue weighted by Crippen LogP contribution is 2.28. The van der Waals surface area contributed by atoms with Crippen LogP contribution >= 0.6 is 0 Å². The van der Waals surface area contributed by atoms with Gasteiger partial charge < -0.3 is 11.1 Å². The number of amides is 1. The van der Waals surface area contributed by atoms with Gasteiger partial charge in [0.15, 0.2) is 0 Å². The number of hydrogen-bond donors (Lipinski definition) is 2. The third kappa shape index (κ3) is 4.47. The second kappa shape index (κ2) is 7.23. The van der Waals surface area contributed by atoms with Gasteiger partial charge in [0.1, 0.15) is 0 Å². The highest BCUT2D eigenvalue weighted by molar-refractivity contribution is 5.82. The van der Waals surface area contributed by atoms with Gasteiger partial charge in [-0.25, -0.2) is 9.97 Å². The van der Waals surface area contributed by atoms with Crippen LogP contribution in [0.1, 0.15) is 25.1 Å². The zero-order valence-electron chi connectivity index (χ0n) is 15.3. The van der Waals surface area contributed by atoms with Crippen molar-refractivity contribution in [1.82, 2.24) is 29.5 Å². The normalized spacial score (nSPS) is 13.6. The number of carbonyl (C=O) groups is 1. The molecule has 0 aliphatic carbocycles. The van der Waals surface area contributed by atoms with Crippen LogP contribution in [0.5, 0.6) is 0 Å². The molecule has 0 fully saturated rings. The molecule has 0 bridgehead atoms. The molecule has 3 aromatic heterocycles. The predicted octanol–water partition coefficient (Wildman–Crippen LogP) is 1.41. The third-order valence-corrected chi connectivity index (χ3v) is 4.11. The summed E-state index contributed by atoms with van der Waals surface area (Å²) in [6.45, 7) is 3.43. The summed E-state index contributed by atoms with van der Waals surface area (Å²) in [6.07, 6.45) is 2.41. The molecule has 0 spiro atoms. The van der Waals surface area contributed by atoms with E-state index in [4.69, 9.17) is 5.73 Å². The van der Waals surface area contributed by atoms with Crippen LogP contribution in [0.25, 0.3) is 5.78 Å². The number of imidazole rings is 1. The van der Waals surface area contributed by atoms with Crippen molar-refractivity contribution in [3.05, 3.63) is 48.3 Å². The number of fused-ring (bicyclic) bond motifs is 1. The number of carbonyl (C=O) groups excluding carboxylic acids is 1. The molecule has 0 saturated carbocycles. The fourth-order valence-electron chi connectivity index (χ4n) is 2.81. The predicted molar refractivity (Wildman–Crippen MR) is 94.1 cm³/mol. The fraction of sp³-hybridized carbons (Fsp3) is 0.412. The van der Waals surface area contributed by atoms with Crippen LogP contribution in [0.2, 0.25) is 0 Å². The number of nitrogens with zero attached hydrogens (tertiary/aromatic N) is 5. The molecular weight excluding hydrogens is 375 g/mol. The van der Waals surface area contributed by atoms with E-state index in [-0.39, 0.29) is 13.0 Å². The van der Waals surface area contributed by atoms with E-state index < -0.39 is 29.2 Å². The SMILES string of the molecule is CC(C)(Cn1cc(C(F)(F)F)cn1)NC(=O)[C@H](N)Cc1cnc2ncccn12. The van der Waals surface area contributed by atoms with E-state index in [2.05, 4.69) is 20.4 Å². The maximum atomic E-state index is 12.7. The van der Waals surface area contributed by atoms with Crippen LogP contribution < -0.4 is 11.1 Å². The number of hydrogen-bond acceptors (Lipinski definition) is 5. The zero-order valence-corrected chi connectivity index (χ0v) is 15.3. The Labute approximate surface area is 158 Å². The van der Waals surface area contributed by atoms with Gasteiger partial charge in [0, 0.05) is 30.7 Å². The van der Waals surface area contributed by atoms with Gasteiger partial charge in [0.05, 0.1) is 36.1 Å². The van der Waals surface area contributed by atoms with Crippen LogP contribution in [-0.2, 0) is 23.9 Å². The van der Waals surface area contributed by atoms with Gasteiger partial charge in [0.25, 0.3) is 0 Å². The molecule has 0 aliphatic heterocycles. The molecule has 0 saturated heterocycles. The van der Waals surface area contributed by atoms with Crippen molar-refractivity contribution in [3.8, 4) is 0 Å². The molecule has 11 heteroatoms. The Morgan fingerprint density at radius 1 is 1.29 bits per heavy atom. The first kappa shape index (κ1) is 19.8. The number of rotatable bonds is 6. The number of aromatic nitrogens is 5. The monoisotopic (exact) mass is 395 g/mol. The van der Waals surface area contributed by atoms with Crippen molar-refractivity contribution < 1.29 is 18.0 Å². The Morgan fingerprint density at radius 3 is 2.71 bits per heavy atom. The van der Waals surface area contributed by atoms with Crippen molar-refractivity contribution in [2.45, 2.75) is 44.6 Å². The summed E-state index contributed by atoms with van der Waals surface area (Å²) in [7, 11) is 0. The summed E-state index contributed by atoms with van der Waals surface area (Å²) in [4.78, 5) is 20.7. The molecule has 8 nitrogen and oxygen atoms in total. The summed E-state index contributed by atoms with van der Waals surface area (Å²) in [5.74, 6) is 0.0802. The van der Waals surface area contributed by atoms with Gasteiger partial charge in [-0.2, -0.15) is 18.3 Å². The van der Waals surface area contributed by atoms with E-state index in [0.29, 0.717) is 5.78 Å². The molecule has 28 heavy (non-hydrogen) atoms. The van der Waals surface area contributed by atoms with Crippen molar-refractivity contribution in [2.75, 3.05) is 0 Å². The second-order valence-corrected chi connectivity index (χ2v) is 7.15. The molecule has 150 valence electrons. The summed E-state index contributed by atoms with van der Waals surface area (Å²) >= 11 is 0. The minimum absolute atomic E-state index is 0.0566. The number of halogens is 3. The molecule has 3 N–H and O–H groups in total. The minimum Gasteiger partial charge on any atom is -0.348 e.